The second-order valence-corrected chi connectivity index (χ2v) is 4.89. The molecule has 0 aromatic heterocycles. The van der Waals surface area contributed by atoms with Crippen molar-refractivity contribution in [3.8, 4) is 5.75 Å². The molecule has 1 aliphatic heterocycles. The van der Waals surface area contributed by atoms with Crippen molar-refractivity contribution in [2.75, 3.05) is 6.61 Å². The van der Waals surface area contributed by atoms with Crippen LogP contribution in [0.2, 0.25) is 0 Å². The molecular weight excluding hydrogens is 258 g/mol. The van der Waals surface area contributed by atoms with Crippen LogP contribution < -0.4 is 4.74 Å². The Morgan fingerprint density at radius 3 is 3.00 bits per heavy atom. The van der Waals surface area contributed by atoms with Crippen LogP contribution in [0.4, 0.5) is 0 Å². The van der Waals surface area contributed by atoms with Gasteiger partial charge in [-0.25, -0.2) is 0 Å². The van der Waals surface area contributed by atoms with Gasteiger partial charge in [-0.05, 0) is 24.1 Å². The Morgan fingerprint density at radius 2 is 2.30 bits per heavy atom. The van der Waals surface area contributed by atoms with Gasteiger partial charge in [-0.1, -0.05) is 37.0 Å². The minimum absolute atomic E-state index is 0.127. The number of ether oxygens (including phenoxy) is 1. The second-order valence-electron chi connectivity index (χ2n) is 4.89. The lowest BCUT2D eigenvalue weighted by Crippen LogP contribution is -2.54. The van der Waals surface area contributed by atoms with Gasteiger partial charge >= 0.3 is 0 Å². The van der Waals surface area contributed by atoms with Crippen molar-refractivity contribution >= 4 is 5.78 Å². The first kappa shape index (κ1) is 14.4. The number of aliphatic hydroxyl groups excluding tert-OH is 1. The zero-order valence-electron chi connectivity index (χ0n) is 11.3. The zero-order chi connectivity index (χ0) is 14.6. The summed E-state index contributed by atoms with van der Waals surface area (Å²) in [6, 6.07) is 6.78. The van der Waals surface area contributed by atoms with Crippen LogP contribution in [0.3, 0.4) is 0 Å². The highest BCUT2D eigenvalue weighted by Crippen LogP contribution is 2.35. The number of carbonyl (C=O) groups is 1. The second kappa shape index (κ2) is 5.94. The Bertz CT molecular complexity index is 554. The number of rotatable bonds is 5. The number of Topliss-reactive ketones (excluding diaryl/α,β-unsaturated/α-hetero) is 1. The molecule has 6 nitrogen and oxygen atoms in total. The number of azide groups is 1. The van der Waals surface area contributed by atoms with Crippen LogP contribution in [0, 0.1) is 0 Å². The first-order valence-electron chi connectivity index (χ1n) is 6.66. The smallest absolute Gasteiger partial charge is 0.184 e. The lowest BCUT2D eigenvalue weighted by Gasteiger charge is -2.36. The van der Waals surface area contributed by atoms with E-state index in [-0.39, 0.29) is 12.4 Å². The standard InChI is InChI=1S/C14H17N3O3/c1-2-3-8-12(18)14(16-17-15)9-20-11-7-5-4-6-10(11)13(14)19/h4-7,12,18H,2-3,8-9H2,1H3/t12-,14-/m1/s1. The highest BCUT2D eigenvalue weighted by atomic mass is 16.5. The molecule has 0 saturated carbocycles. The van der Waals surface area contributed by atoms with Crippen LogP contribution in [-0.2, 0) is 0 Å². The topological polar surface area (TPSA) is 95.3 Å². The van der Waals surface area contributed by atoms with E-state index in [0.29, 0.717) is 17.7 Å². The number of carbonyl (C=O) groups excluding carboxylic acids is 1. The van der Waals surface area contributed by atoms with E-state index in [4.69, 9.17) is 10.3 Å². The van der Waals surface area contributed by atoms with Gasteiger partial charge in [-0.3, -0.25) is 4.79 Å². The summed E-state index contributed by atoms with van der Waals surface area (Å²) < 4.78 is 5.52. The summed E-state index contributed by atoms with van der Waals surface area (Å²) in [6.45, 7) is 1.86. The fourth-order valence-electron chi connectivity index (χ4n) is 2.37. The Kier molecular flexibility index (Phi) is 4.27. The van der Waals surface area contributed by atoms with Crippen molar-refractivity contribution in [2.24, 2.45) is 5.11 Å². The molecule has 0 fully saturated rings. The van der Waals surface area contributed by atoms with Gasteiger partial charge in [0, 0.05) is 4.91 Å². The molecule has 106 valence electrons. The van der Waals surface area contributed by atoms with Crippen LogP contribution in [0.25, 0.3) is 10.4 Å². The molecule has 1 N–H and O–H groups in total. The van der Waals surface area contributed by atoms with E-state index in [2.05, 4.69) is 10.0 Å². The van der Waals surface area contributed by atoms with Gasteiger partial charge in [0.2, 0.25) is 0 Å². The Labute approximate surface area is 117 Å². The van der Waals surface area contributed by atoms with Crippen molar-refractivity contribution in [2.45, 2.75) is 37.8 Å². The Hall–Kier alpha value is -2.04. The van der Waals surface area contributed by atoms with Gasteiger partial charge in [0.1, 0.15) is 12.4 Å². The van der Waals surface area contributed by atoms with Crippen molar-refractivity contribution in [1.82, 2.24) is 0 Å². The first-order chi connectivity index (χ1) is 9.65. The number of hydrogen-bond acceptors (Lipinski definition) is 4. The highest BCUT2D eigenvalue weighted by Gasteiger charge is 2.49. The highest BCUT2D eigenvalue weighted by molar-refractivity contribution is 6.07. The van der Waals surface area contributed by atoms with Crippen LogP contribution in [0.1, 0.15) is 36.5 Å². The van der Waals surface area contributed by atoms with E-state index in [1.54, 1.807) is 24.3 Å². The predicted octanol–water partition coefficient (Wildman–Crippen LogP) is 2.86. The SMILES string of the molecule is CCCC[C@@H](O)[C@]1(N=[N+]=[N-])COc2ccccc2C1=O. The van der Waals surface area contributed by atoms with Gasteiger partial charge in [0.25, 0.3) is 0 Å². The van der Waals surface area contributed by atoms with E-state index < -0.39 is 11.6 Å². The number of unbranched alkanes of at least 4 members (excludes halogenated alkanes) is 1. The molecular formula is C14H17N3O3. The van der Waals surface area contributed by atoms with E-state index >= 15 is 0 Å². The number of aliphatic hydroxyl groups is 1. The summed E-state index contributed by atoms with van der Waals surface area (Å²) in [4.78, 5) is 15.4. The molecule has 0 spiro atoms. The van der Waals surface area contributed by atoms with Crippen LogP contribution in [0.15, 0.2) is 29.4 Å². The van der Waals surface area contributed by atoms with E-state index in [1.807, 2.05) is 6.92 Å². The van der Waals surface area contributed by atoms with E-state index in [9.17, 15) is 9.90 Å². The molecule has 0 saturated heterocycles. The summed E-state index contributed by atoms with van der Waals surface area (Å²) in [5.41, 5.74) is 7.55. The molecule has 1 aromatic carbocycles. The maximum Gasteiger partial charge on any atom is 0.184 e. The van der Waals surface area contributed by atoms with Crippen LogP contribution >= 0.6 is 0 Å². The van der Waals surface area contributed by atoms with Gasteiger partial charge in [-0.15, -0.1) is 0 Å². The third-order valence-corrected chi connectivity index (χ3v) is 3.58. The summed E-state index contributed by atoms with van der Waals surface area (Å²) in [7, 11) is 0. The van der Waals surface area contributed by atoms with Crippen molar-refractivity contribution in [3.63, 3.8) is 0 Å². The molecule has 1 heterocycles. The van der Waals surface area contributed by atoms with Crippen LogP contribution in [-0.4, -0.2) is 29.1 Å². The van der Waals surface area contributed by atoms with E-state index in [1.165, 1.54) is 0 Å². The van der Waals surface area contributed by atoms with Crippen molar-refractivity contribution in [3.05, 3.63) is 40.3 Å². The number of nitrogens with zero attached hydrogens (tertiary/aromatic N) is 3. The van der Waals surface area contributed by atoms with E-state index in [0.717, 1.165) is 12.8 Å². The maximum atomic E-state index is 12.6. The molecule has 0 unspecified atom stereocenters. The monoisotopic (exact) mass is 275 g/mol. The molecule has 1 aromatic rings. The fraction of sp³-hybridized carbons (Fsp3) is 0.500. The minimum atomic E-state index is -1.56. The molecule has 0 aliphatic carbocycles. The quantitative estimate of drug-likeness (QED) is 0.508. The Balaban J connectivity index is 2.40. The number of hydrogen-bond donors (Lipinski definition) is 1. The summed E-state index contributed by atoms with van der Waals surface area (Å²) >= 11 is 0. The molecule has 20 heavy (non-hydrogen) atoms. The molecule has 0 radical (unpaired) electrons. The lowest BCUT2D eigenvalue weighted by atomic mass is 9.81. The molecule has 6 heteroatoms. The fourth-order valence-corrected chi connectivity index (χ4v) is 2.37. The van der Waals surface area contributed by atoms with Crippen molar-refractivity contribution < 1.29 is 14.6 Å². The zero-order valence-corrected chi connectivity index (χ0v) is 11.3. The van der Waals surface area contributed by atoms with Gasteiger partial charge < -0.3 is 9.84 Å². The summed E-state index contributed by atoms with van der Waals surface area (Å²) in [5.74, 6) is 0.0877. The normalized spacial score (nSPS) is 22.4. The minimum Gasteiger partial charge on any atom is -0.492 e. The van der Waals surface area contributed by atoms with Crippen LogP contribution in [0.5, 0.6) is 5.75 Å². The molecule has 2 atom stereocenters. The number of benzene rings is 1. The largest absolute Gasteiger partial charge is 0.492 e. The Morgan fingerprint density at radius 1 is 1.55 bits per heavy atom. The number of ketones is 1. The number of fused-ring (bicyclic) bond motifs is 1. The summed E-state index contributed by atoms with van der Waals surface area (Å²) in [5, 5.41) is 13.9. The van der Waals surface area contributed by atoms with Gasteiger partial charge in [0.05, 0.1) is 11.7 Å². The first-order valence-corrected chi connectivity index (χ1v) is 6.66. The average Bonchev–Trinajstić information content (AvgIpc) is 2.48. The lowest BCUT2D eigenvalue weighted by molar-refractivity contribution is 0.0305. The number of para-hydroxylation sites is 1. The van der Waals surface area contributed by atoms with Gasteiger partial charge in [-0.2, -0.15) is 0 Å². The van der Waals surface area contributed by atoms with Crippen molar-refractivity contribution in [1.29, 1.82) is 0 Å². The molecule has 0 amide bonds. The molecule has 1 aliphatic rings. The predicted molar refractivity (Wildman–Crippen MR) is 73.7 cm³/mol. The molecule has 2 rings (SSSR count). The average molecular weight is 275 g/mol. The van der Waals surface area contributed by atoms with Gasteiger partial charge in [0.15, 0.2) is 11.3 Å². The summed E-state index contributed by atoms with van der Waals surface area (Å²) in [6.07, 6.45) is 0.986. The third-order valence-electron chi connectivity index (χ3n) is 3.58. The third kappa shape index (κ3) is 2.35. The molecule has 0 bridgehead atoms. The maximum absolute atomic E-state index is 12.6.